The maximum Gasteiger partial charge on any atom is 0.352 e. The molecular weight excluding hydrogens is 212 g/mol. The topological polar surface area (TPSA) is 55.1 Å². The van der Waals surface area contributed by atoms with Crippen LogP contribution in [0, 0.1) is 6.92 Å². The Labute approximate surface area is 90.8 Å². The van der Waals surface area contributed by atoms with Crippen LogP contribution in [0.5, 0.6) is 0 Å². The normalized spacial score (nSPS) is 10.5. The first-order chi connectivity index (χ1) is 7.18. The molecule has 0 aromatic carbocycles. The molecule has 2 aromatic heterocycles. The lowest BCUT2D eigenvalue weighted by atomic mass is 10.3. The summed E-state index contributed by atoms with van der Waals surface area (Å²) in [5.41, 5.74) is 1.12. The minimum Gasteiger partial charge on any atom is -0.477 e. The predicted octanol–water partition coefficient (Wildman–Crippen LogP) is 2.00. The van der Waals surface area contributed by atoms with Gasteiger partial charge in [-0.25, -0.2) is 9.78 Å². The van der Waals surface area contributed by atoms with Crippen molar-refractivity contribution in [1.82, 2.24) is 9.55 Å². The number of nitrogens with zero attached hydrogens (tertiary/aromatic N) is 2. The van der Waals surface area contributed by atoms with Gasteiger partial charge in [0.25, 0.3) is 0 Å². The van der Waals surface area contributed by atoms with E-state index in [9.17, 15) is 4.79 Å². The first kappa shape index (κ1) is 9.92. The van der Waals surface area contributed by atoms with Crippen molar-refractivity contribution in [3.8, 4) is 0 Å². The Morgan fingerprint density at radius 2 is 2.47 bits per heavy atom. The van der Waals surface area contributed by atoms with Gasteiger partial charge in [-0.1, -0.05) is 0 Å². The van der Waals surface area contributed by atoms with Gasteiger partial charge in [-0.3, -0.25) is 0 Å². The number of aryl methyl sites for hydroxylation is 1. The highest BCUT2D eigenvalue weighted by Crippen LogP contribution is 2.13. The second-order valence-electron chi connectivity index (χ2n) is 3.21. The summed E-state index contributed by atoms with van der Waals surface area (Å²) in [6.07, 6.45) is 3.50. The zero-order valence-corrected chi connectivity index (χ0v) is 8.99. The molecule has 1 N–H and O–H groups in total. The molecule has 2 aromatic rings. The molecule has 0 radical (unpaired) electrons. The van der Waals surface area contributed by atoms with E-state index in [2.05, 4.69) is 4.98 Å². The van der Waals surface area contributed by atoms with E-state index in [-0.39, 0.29) is 0 Å². The van der Waals surface area contributed by atoms with Crippen molar-refractivity contribution >= 4 is 17.3 Å². The summed E-state index contributed by atoms with van der Waals surface area (Å²) < 4.78 is 1.70. The van der Waals surface area contributed by atoms with Crippen molar-refractivity contribution in [3.05, 3.63) is 40.1 Å². The van der Waals surface area contributed by atoms with Crippen molar-refractivity contribution in [2.45, 2.75) is 13.5 Å². The van der Waals surface area contributed by atoms with E-state index in [1.807, 2.05) is 5.38 Å². The number of carboxylic acid groups (broad SMARTS) is 1. The van der Waals surface area contributed by atoms with Crippen LogP contribution in [-0.2, 0) is 6.54 Å². The Balaban J connectivity index is 2.33. The summed E-state index contributed by atoms with van der Waals surface area (Å²) in [7, 11) is 0. The highest BCUT2D eigenvalue weighted by Gasteiger charge is 2.13. The summed E-state index contributed by atoms with van der Waals surface area (Å²) in [5, 5.41) is 11.8. The molecule has 0 bridgehead atoms. The fourth-order valence-electron chi connectivity index (χ4n) is 1.48. The lowest BCUT2D eigenvalue weighted by molar-refractivity contribution is 0.0685. The van der Waals surface area contributed by atoms with E-state index < -0.39 is 5.97 Å². The number of carboxylic acids is 1. The Morgan fingerprint density at radius 3 is 3.07 bits per heavy atom. The molecule has 0 unspecified atom stereocenters. The number of aromatic nitrogens is 2. The quantitative estimate of drug-likeness (QED) is 0.864. The minimum atomic E-state index is -0.894. The van der Waals surface area contributed by atoms with Crippen molar-refractivity contribution in [2.75, 3.05) is 0 Å². The first-order valence-corrected chi connectivity index (χ1v) is 5.34. The molecular formula is C10H10N2O2S. The second kappa shape index (κ2) is 3.86. The largest absolute Gasteiger partial charge is 0.477 e. The molecule has 2 rings (SSSR count). The van der Waals surface area contributed by atoms with Crippen LogP contribution in [0.2, 0.25) is 0 Å². The van der Waals surface area contributed by atoms with Gasteiger partial charge < -0.3 is 9.67 Å². The SMILES string of the molecule is Cc1ccn(Cc2nccs2)c1C(=O)O. The van der Waals surface area contributed by atoms with Crippen LogP contribution in [-0.4, -0.2) is 20.6 Å². The van der Waals surface area contributed by atoms with Crippen LogP contribution < -0.4 is 0 Å². The standard InChI is InChI=1S/C10H10N2O2S/c1-7-2-4-12(9(7)10(13)14)6-8-11-3-5-15-8/h2-5H,6H2,1H3,(H,13,14). The van der Waals surface area contributed by atoms with Crippen LogP contribution >= 0.6 is 11.3 Å². The predicted molar refractivity (Wildman–Crippen MR) is 57.3 cm³/mol. The minimum absolute atomic E-state index is 0.338. The fourth-order valence-corrected chi connectivity index (χ4v) is 2.10. The summed E-state index contributed by atoms with van der Waals surface area (Å²) in [6, 6.07) is 1.80. The lowest BCUT2D eigenvalue weighted by Gasteiger charge is -2.04. The molecule has 2 heterocycles. The molecule has 0 saturated heterocycles. The molecule has 78 valence electrons. The molecule has 0 spiro atoms. The van der Waals surface area contributed by atoms with Crippen molar-refractivity contribution in [1.29, 1.82) is 0 Å². The van der Waals surface area contributed by atoms with Gasteiger partial charge in [0, 0.05) is 17.8 Å². The Morgan fingerprint density at radius 1 is 1.67 bits per heavy atom. The smallest absolute Gasteiger partial charge is 0.352 e. The zero-order chi connectivity index (χ0) is 10.8. The Bertz CT molecular complexity index is 474. The Hall–Kier alpha value is -1.62. The number of hydrogen-bond acceptors (Lipinski definition) is 3. The monoisotopic (exact) mass is 222 g/mol. The van der Waals surface area contributed by atoms with Crippen molar-refractivity contribution in [3.63, 3.8) is 0 Å². The number of aromatic carboxylic acids is 1. The average molecular weight is 222 g/mol. The fraction of sp³-hybridized carbons (Fsp3) is 0.200. The third-order valence-corrected chi connectivity index (χ3v) is 2.92. The van der Waals surface area contributed by atoms with Gasteiger partial charge in [0.05, 0.1) is 6.54 Å². The van der Waals surface area contributed by atoms with Crippen LogP contribution in [0.4, 0.5) is 0 Å². The number of rotatable bonds is 3. The van der Waals surface area contributed by atoms with Gasteiger partial charge in [-0.05, 0) is 18.6 Å². The number of hydrogen-bond donors (Lipinski definition) is 1. The highest BCUT2D eigenvalue weighted by atomic mass is 32.1. The molecule has 4 nitrogen and oxygen atoms in total. The third-order valence-electron chi connectivity index (χ3n) is 2.16. The van der Waals surface area contributed by atoms with Crippen molar-refractivity contribution in [2.24, 2.45) is 0 Å². The van der Waals surface area contributed by atoms with Crippen molar-refractivity contribution < 1.29 is 9.90 Å². The first-order valence-electron chi connectivity index (χ1n) is 4.46. The maximum absolute atomic E-state index is 11.0. The van der Waals surface area contributed by atoms with Crippen LogP contribution in [0.3, 0.4) is 0 Å². The van der Waals surface area contributed by atoms with Gasteiger partial charge in [0.2, 0.25) is 0 Å². The molecule has 0 aliphatic heterocycles. The van der Waals surface area contributed by atoms with E-state index in [1.165, 1.54) is 11.3 Å². The second-order valence-corrected chi connectivity index (χ2v) is 4.19. The summed E-state index contributed by atoms with van der Waals surface area (Å²) >= 11 is 1.52. The molecule has 0 fully saturated rings. The van der Waals surface area contributed by atoms with E-state index in [0.29, 0.717) is 12.2 Å². The highest BCUT2D eigenvalue weighted by molar-refractivity contribution is 7.09. The van der Waals surface area contributed by atoms with E-state index >= 15 is 0 Å². The molecule has 15 heavy (non-hydrogen) atoms. The van der Waals surface area contributed by atoms with Crippen LogP contribution in [0.1, 0.15) is 21.1 Å². The molecule has 5 heteroatoms. The molecule has 0 aliphatic rings. The summed E-state index contributed by atoms with van der Waals surface area (Å²) in [6.45, 7) is 2.31. The van der Waals surface area contributed by atoms with E-state index in [0.717, 1.165) is 10.6 Å². The summed E-state index contributed by atoms with van der Waals surface area (Å²) in [5.74, 6) is -0.894. The van der Waals surface area contributed by atoms with E-state index in [1.54, 1.807) is 30.0 Å². The molecule has 0 atom stereocenters. The van der Waals surface area contributed by atoms with Crippen LogP contribution in [0.15, 0.2) is 23.8 Å². The molecule has 0 aliphatic carbocycles. The van der Waals surface area contributed by atoms with E-state index in [4.69, 9.17) is 5.11 Å². The third kappa shape index (κ3) is 1.92. The summed E-state index contributed by atoms with van der Waals surface area (Å²) in [4.78, 5) is 15.1. The van der Waals surface area contributed by atoms with Gasteiger partial charge in [0.1, 0.15) is 10.7 Å². The number of thiazole rings is 1. The molecule has 0 saturated carbocycles. The lowest BCUT2D eigenvalue weighted by Crippen LogP contribution is -2.09. The maximum atomic E-state index is 11.0. The van der Waals surface area contributed by atoms with Gasteiger partial charge in [-0.2, -0.15) is 0 Å². The zero-order valence-electron chi connectivity index (χ0n) is 8.17. The molecule has 0 amide bonds. The van der Waals surface area contributed by atoms with Gasteiger partial charge in [0.15, 0.2) is 0 Å². The average Bonchev–Trinajstić information content (AvgIpc) is 2.76. The number of carbonyl (C=O) groups is 1. The van der Waals surface area contributed by atoms with Gasteiger partial charge in [-0.15, -0.1) is 11.3 Å². The Kier molecular flexibility index (Phi) is 2.55. The van der Waals surface area contributed by atoms with Gasteiger partial charge >= 0.3 is 5.97 Å². The van der Waals surface area contributed by atoms with Crippen LogP contribution in [0.25, 0.3) is 0 Å².